The molecule has 0 saturated heterocycles. The van der Waals surface area contributed by atoms with Crippen LogP contribution in [0.2, 0.25) is 0 Å². The van der Waals surface area contributed by atoms with Crippen LogP contribution in [-0.4, -0.2) is 39.8 Å². The largest absolute Gasteiger partial charge is 0.480 e. The van der Waals surface area contributed by atoms with Crippen molar-refractivity contribution in [3.63, 3.8) is 0 Å². The van der Waals surface area contributed by atoms with E-state index >= 15 is 0 Å². The van der Waals surface area contributed by atoms with Crippen LogP contribution in [0.25, 0.3) is 0 Å². The maximum atomic E-state index is 12.0. The molecule has 0 unspecified atom stereocenters. The smallest absolute Gasteiger partial charge is 0.329 e. The Balaban J connectivity index is 1.80. The fourth-order valence-corrected chi connectivity index (χ4v) is 3.51. The number of carbonyl (C=O) groups is 3. The van der Waals surface area contributed by atoms with Gasteiger partial charge in [-0.2, -0.15) is 0 Å². The number of carbonyl (C=O) groups excluding carboxylic acids is 2. The molecular weight excluding hydrogens is 314 g/mol. The molecule has 0 aliphatic heterocycles. The first-order chi connectivity index (χ1) is 11.0. The molecule has 0 bridgehead atoms. The van der Waals surface area contributed by atoms with Crippen molar-refractivity contribution in [2.45, 2.75) is 37.6 Å². The van der Waals surface area contributed by atoms with Crippen molar-refractivity contribution in [1.29, 1.82) is 0 Å². The summed E-state index contributed by atoms with van der Waals surface area (Å²) in [4.78, 5) is 35.5. The third-order valence-corrected chi connectivity index (χ3v) is 4.99. The molecule has 124 valence electrons. The first kappa shape index (κ1) is 17.5. The number of amides is 1. The topological polar surface area (TPSA) is 83.5 Å². The van der Waals surface area contributed by atoms with Crippen LogP contribution in [-0.2, 0) is 9.59 Å². The fraction of sp³-hybridized carbons (Fsp3) is 0.471. The Kier molecular flexibility index (Phi) is 6.21. The highest BCUT2D eigenvalue weighted by Crippen LogP contribution is 2.28. The van der Waals surface area contributed by atoms with E-state index in [9.17, 15) is 19.5 Å². The molecule has 5 nitrogen and oxygen atoms in total. The lowest BCUT2D eigenvalue weighted by atomic mass is 9.81. The van der Waals surface area contributed by atoms with Gasteiger partial charge in [-0.25, -0.2) is 4.79 Å². The summed E-state index contributed by atoms with van der Waals surface area (Å²) in [7, 11) is 0. The normalized spacial score (nSPS) is 16.5. The van der Waals surface area contributed by atoms with Gasteiger partial charge in [0, 0.05) is 5.56 Å². The highest BCUT2D eigenvalue weighted by molar-refractivity contribution is 8.00. The summed E-state index contributed by atoms with van der Waals surface area (Å²) in [5, 5.41) is 12.1. The van der Waals surface area contributed by atoms with Gasteiger partial charge in [0.15, 0.2) is 5.78 Å². The Morgan fingerprint density at radius 1 is 1.04 bits per heavy atom. The monoisotopic (exact) mass is 335 g/mol. The van der Waals surface area contributed by atoms with Crippen LogP contribution in [0.1, 0.15) is 42.5 Å². The summed E-state index contributed by atoms with van der Waals surface area (Å²) in [5.74, 6) is -1.02. The van der Waals surface area contributed by atoms with Crippen molar-refractivity contribution in [3.05, 3.63) is 35.9 Å². The Morgan fingerprint density at radius 2 is 1.70 bits per heavy atom. The molecule has 6 heteroatoms. The quantitative estimate of drug-likeness (QED) is 0.748. The molecular formula is C17H21NO4S. The van der Waals surface area contributed by atoms with Gasteiger partial charge in [0.2, 0.25) is 5.91 Å². The third kappa shape index (κ3) is 4.82. The molecule has 0 aromatic heterocycles. The minimum absolute atomic E-state index is 0.0333. The first-order valence-electron chi connectivity index (χ1n) is 7.74. The summed E-state index contributed by atoms with van der Waals surface area (Å²) in [5.41, 5.74) is -0.506. The Bertz CT molecular complexity index is 567. The van der Waals surface area contributed by atoms with Crippen LogP contribution in [0, 0.1) is 0 Å². The minimum Gasteiger partial charge on any atom is -0.480 e. The van der Waals surface area contributed by atoms with E-state index in [1.54, 1.807) is 24.3 Å². The number of rotatable bonds is 7. The Labute approximate surface area is 139 Å². The number of thioether (sulfide) groups is 1. The van der Waals surface area contributed by atoms with Gasteiger partial charge in [-0.1, -0.05) is 49.6 Å². The highest BCUT2D eigenvalue weighted by atomic mass is 32.2. The van der Waals surface area contributed by atoms with Gasteiger partial charge >= 0.3 is 5.97 Å². The molecule has 1 fully saturated rings. The lowest BCUT2D eigenvalue weighted by molar-refractivity contribution is -0.148. The van der Waals surface area contributed by atoms with Crippen LogP contribution < -0.4 is 5.32 Å². The van der Waals surface area contributed by atoms with E-state index in [0.29, 0.717) is 18.4 Å². The zero-order valence-electron chi connectivity index (χ0n) is 12.9. The lowest BCUT2D eigenvalue weighted by Crippen LogP contribution is -2.56. The van der Waals surface area contributed by atoms with Gasteiger partial charge in [-0.05, 0) is 12.8 Å². The third-order valence-electron chi connectivity index (χ3n) is 4.06. The molecule has 2 N–H and O–H groups in total. The Hall–Kier alpha value is -1.82. The van der Waals surface area contributed by atoms with Gasteiger partial charge in [0.1, 0.15) is 5.54 Å². The summed E-state index contributed by atoms with van der Waals surface area (Å²) >= 11 is 1.21. The predicted octanol–water partition coefficient (Wildman–Crippen LogP) is 2.51. The number of ketones is 1. The van der Waals surface area contributed by atoms with Crippen molar-refractivity contribution >= 4 is 29.4 Å². The average Bonchev–Trinajstić information content (AvgIpc) is 2.56. The van der Waals surface area contributed by atoms with E-state index in [0.717, 1.165) is 19.3 Å². The van der Waals surface area contributed by atoms with Crippen LogP contribution in [0.4, 0.5) is 0 Å². The maximum Gasteiger partial charge on any atom is 0.329 e. The number of hydrogen-bond donors (Lipinski definition) is 2. The van der Waals surface area contributed by atoms with Crippen molar-refractivity contribution in [2.75, 3.05) is 11.5 Å². The number of carboxylic acid groups (broad SMARTS) is 1. The van der Waals surface area contributed by atoms with Crippen LogP contribution >= 0.6 is 11.8 Å². The number of hydrogen-bond acceptors (Lipinski definition) is 4. The molecule has 23 heavy (non-hydrogen) atoms. The fourth-order valence-electron chi connectivity index (χ4n) is 2.79. The summed E-state index contributed by atoms with van der Waals surface area (Å²) < 4.78 is 0. The number of aliphatic carboxylic acids is 1. The van der Waals surface area contributed by atoms with Gasteiger partial charge in [-0.3, -0.25) is 9.59 Å². The zero-order valence-corrected chi connectivity index (χ0v) is 13.7. The van der Waals surface area contributed by atoms with Crippen molar-refractivity contribution in [1.82, 2.24) is 5.32 Å². The van der Waals surface area contributed by atoms with Gasteiger partial charge in [0.05, 0.1) is 11.5 Å². The first-order valence-corrected chi connectivity index (χ1v) is 8.89. The molecule has 0 radical (unpaired) electrons. The molecule has 2 rings (SSSR count). The molecule has 0 spiro atoms. The van der Waals surface area contributed by atoms with E-state index in [-0.39, 0.29) is 23.2 Å². The van der Waals surface area contributed by atoms with Crippen LogP contribution in [0.15, 0.2) is 30.3 Å². The molecule has 1 aliphatic carbocycles. The van der Waals surface area contributed by atoms with Crippen LogP contribution in [0.3, 0.4) is 0 Å². The van der Waals surface area contributed by atoms with Crippen LogP contribution in [0.5, 0.6) is 0 Å². The number of benzene rings is 1. The molecule has 0 atom stereocenters. The number of carboxylic acids is 1. The summed E-state index contributed by atoms with van der Waals surface area (Å²) in [6.07, 6.45) is 3.58. The zero-order chi connectivity index (χ0) is 16.7. The highest BCUT2D eigenvalue weighted by Gasteiger charge is 2.40. The molecule has 1 aromatic rings. The molecule has 0 heterocycles. The predicted molar refractivity (Wildman–Crippen MR) is 89.7 cm³/mol. The van der Waals surface area contributed by atoms with Crippen molar-refractivity contribution < 1.29 is 19.5 Å². The number of nitrogens with one attached hydrogen (secondary N) is 1. The van der Waals surface area contributed by atoms with E-state index in [2.05, 4.69) is 5.32 Å². The van der Waals surface area contributed by atoms with Gasteiger partial charge < -0.3 is 10.4 Å². The average molecular weight is 335 g/mol. The number of Topliss-reactive ketones (excluding diaryl/α,β-unsaturated/α-hetero) is 1. The van der Waals surface area contributed by atoms with E-state index in [1.807, 2.05) is 6.07 Å². The SMILES string of the molecule is O=C(CSCC(=O)c1ccccc1)NC1(C(=O)O)CCCCC1. The molecule has 1 aromatic carbocycles. The lowest BCUT2D eigenvalue weighted by Gasteiger charge is -2.33. The second-order valence-corrected chi connectivity index (χ2v) is 6.76. The van der Waals surface area contributed by atoms with Gasteiger partial charge in [0.25, 0.3) is 0 Å². The standard InChI is InChI=1S/C17H21NO4S/c19-14(13-7-3-1-4-8-13)11-23-12-15(20)18-17(16(21)22)9-5-2-6-10-17/h1,3-4,7-8H,2,5-6,9-12H2,(H,18,20)(H,21,22). The maximum absolute atomic E-state index is 12.0. The minimum atomic E-state index is -1.13. The second kappa shape index (κ2) is 8.15. The van der Waals surface area contributed by atoms with E-state index in [1.165, 1.54) is 11.8 Å². The van der Waals surface area contributed by atoms with Crippen molar-refractivity contribution in [3.8, 4) is 0 Å². The molecule has 1 saturated carbocycles. The van der Waals surface area contributed by atoms with Crippen molar-refractivity contribution in [2.24, 2.45) is 0 Å². The van der Waals surface area contributed by atoms with E-state index in [4.69, 9.17) is 0 Å². The Morgan fingerprint density at radius 3 is 2.30 bits per heavy atom. The molecule has 1 aliphatic rings. The summed E-state index contributed by atoms with van der Waals surface area (Å²) in [6.45, 7) is 0. The molecule has 1 amide bonds. The van der Waals surface area contributed by atoms with E-state index < -0.39 is 11.5 Å². The second-order valence-electron chi connectivity index (χ2n) is 5.78. The summed E-state index contributed by atoms with van der Waals surface area (Å²) in [6, 6.07) is 8.91. The van der Waals surface area contributed by atoms with Gasteiger partial charge in [-0.15, -0.1) is 11.8 Å².